The lowest BCUT2D eigenvalue weighted by atomic mass is 10.1. The predicted molar refractivity (Wildman–Crippen MR) is 93.9 cm³/mol. The summed E-state index contributed by atoms with van der Waals surface area (Å²) in [6.07, 6.45) is 4.06. The molecule has 3 nitrogen and oxygen atoms in total. The molecular weight excluding hydrogens is 326 g/mol. The van der Waals surface area contributed by atoms with Crippen LogP contribution < -0.4 is 9.47 Å². The standard InChI is InChI=1S/C10H11FO2.C10H11FO/c1-6-10(13-6)8-4-3-7(11)5-9(8)12-2;1-3-4-8-5-6-9(11)7-10(8)12-2/h3-6,10H,1-2H3;3-7H,1-2H3/b;4-3+/t6-,10+;/m0./s1. The van der Waals surface area contributed by atoms with Crippen molar-refractivity contribution < 1.29 is 23.0 Å². The largest absolute Gasteiger partial charge is 0.496 e. The number of epoxide rings is 1. The molecule has 2 atom stereocenters. The normalized spacial score (nSPS) is 18.5. The van der Waals surface area contributed by atoms with Gasteiger partial charge in [-0.05, 0) is 38.1 Å². The summed E-state index contributed by atoms with van der Waals surface area (Å²) in [7, 11) is 3.06. The minimum atomic E-state index is -0.283. The van der Waals surface area contributed by atoms with Gasteiger partial charge in [-0.1, -0.05) is 12.2 Å². The minimum Gasteiger partial charge on any atom is -0.496 e. The summed E-state index contributed by atoms with van der Waals surface area (Å²) < 4.78 is 40.8. The molecule has 0 spiro atoms. The van der Waals surface area contributed by atoms with E-state index in [4.69, 9.17) is 14.2 Å². The number of ether oxygens (including phenoxy) is 3. The zero-order chi connectivity index (χ0) is 18.4. The van der Waals surface area contributed by atoms with E-state index in [1.54, 1.807) is 12.1 Å². The van der Waals surface area contributed by atoms with Crippen molar-refractivity contribution in [2.24, 2.45) is 0 Å². The van der Waals surface area contributed by atoms with Crippen LogP contribution in [0, 0.1) is 11.6 Å². The lowest BCUT2D eigenvalue weighted by Gasteiger charge is -2.05. The Morgan fingerprint density at radius 2 is 1.52 bits per heavy atom. The number of methoxy groups -OCH3 is 2. The average molecular weight is 348 g/mol. The Labute approximate surface area is 146 Å². The maximum Gasteiger partial charge on any atom is 0.128 e. The minimum absolute atomic E-state index is 0.0792. The third kappa shape index (κ3) is 5.03. The Kier molecular flexibility index (Phi) is 6.53. The van der Waals surface area contributed by atoms with Crippen LogP contribution in [0.25, 0.3) is 6.08 Å². The number of halogens is 2. The van der Waals surface area contributed by atoms with Crippen molar-refractivity contribution in [3.63, 3.8) is 0 Å². The van der Waals surface area contributed by atoms with E-state index in [-0.39, 0.29) is 23.8 Å². The lowest BCUT2D eigenvalue weighted by molar-refractivity contribution is 0.367. The van der Waals surface area contributed by atoms with Gasteiger partial charge in [-0.25, -0.2) is 8.78 Å². The fourth-order valence-electron chi connectivity index (χ4n) is 2.43. The molecule has 25 heavy (non-hydrogen) atoms. The van der Waals surface area contributed by atoms with Crippen molar-refractivity contribution in [2.45, 2.75) is 26.1 Å². The van der Waals surface area contributed by atoms with Gasteiger partial charge in [0.25, 0.3) is 0 Å². The summed E-state index contributed by atoms with van der Waals surface area (Å²) in [5.41, 5.74) is 1.82. The van der Waals surface area contributed by atoms with Crippen molar-refractivity contribution in [2.75, 3.05) is 14.2 Å². The molecule has 0 amide bonds. The Morgan fingerprint density at radius 1 is 0.960 bits per heavy atom. The summed E-state index contributed by atoms with van der Waals surface area (Å²) in [6, 6.07) is 8.99. The highest BCUT2D eigenvalue weighted by Crippen LogP contribution is 2.42. The number of hydrogen-bond donors (Lipinski definition) is 0. The maximum atomic E-state index is 12.8. The van der Waals surface area contributed by atoms with Crippen LogP contribution in [0.4, 0.5) is 8.78 Å². The van der Waals surface area contributed by atoms with Crippen molar-refractivity contribution >= 4 is 6.08 Å². The Bertz CT molecular complexity index is 744. The summed E-state index contributed by atoms with van der Waals surface area (Å²) in [6.45, 7) is 3.89. The van der Waals surface area contributed by atoms with Gasteiger partial charge in [-0.3, -0.25) is 0 Å². The van der Waals surface area contributed by atoms with Gasteiger partial charge in [-0.15, -0.1) is 0 Å². The van der Waals surface area contributed by atoms with E-state index >= 15 is 0 Å². The Morgan fingerprint density at radius 3 is 2.04 bits per heavy atom. The van der Waals surface area contributed by atoms with Crippen LogP contribution in [-0.4, -0.2) is 20.3 Å². The summed E-state index contributed by atoms with van der Waals surface area (Å²) in [5, 5.41) is 0. The quantitative estimate of drug-likeness (QED) is 0.715. The second-order valence-electron chi connectivity index (χ2n) is 5.53. The van der Waals surface area contributed by atoms with Crippen molar-refractivity contribution in [3.8, 4) is 11.5 Å². The molecule has 1 fully saturated rings. The molecular formula is C20H22F2O3. The SMILES string of the molecule is C/C=C/c1ccc(F)cc1OC.COc1cc(F)ccc1[C@@H]1O[C@H]1C. The number of rotatable bonds is 4. The first-order valence-corrected chi connectivity index (χ1v) is 7.95. The molecule has 0 aliphatic carbocycles. The molecule has 0 unspecified atom stereocenters. The van der Waals surface area contributed by atoms with Gasteiger partial charge >= 0.3 is 0 Å². The summed E-state index contributed by atoms with van der Waals surface area (Å²) in [4.78, 5) is 0. The molecule has 1 saturated heterocycles. The van der Waals surface area contributed by atoms with Crippen LogP contribution in [0.5, 0.6) is 11.5 Å². The summed E-state index contributed by atoms with van der Waals surface area (Å²) in [5.74, 6) is 0.566. The molecule has 0 N–H and O–H groups in total. The van der Waals surface area contributed by atoms with E-state index in [1.165, 1.54) is 38.5 Å². The van der Waals surface area contributed by atoms with Gasteiger partial charge in [0.15, 0.2) is 0 Å². The van der Waals surface area contributed by atoms with Crippen LogP contribution in [0.1, 0.15) is 31.1 Å². The third-order valence-corrected chi connectivity index (χ3v) is 3.75. The van der Waals surface area contributed by atoms with E-state index in [1.807, 2.05) is 26.0 Å². The monoisotopic (exact) mass is 348 g/mol. The van der Waals surface area contributed by atoms with E-state index in [2.05, 4.69) is 0 Å². The zero-order valence-electron chi connectivity index (χ0n) is 14.8. The Balaban J connectivity index is 0.000000181. The molecule has 2 aromatic carbocycles. The first-order valence-electron chi connectivity index (χ1n) is 7.95. The lowest BCUT2D eigenvalue weighted by Crippen LogP contribution is -1.92. The highest BCUT2D eigenvalue weighted by molar-refractivity contribution is 5.56. The molecule has 1 aliphatic rings. The maximum absolute atomic E-state index is 12.8. The average Bonchev–Trinajstić information content (AvgIpc) is 3.33. The van der Waals surface area contributed by atoms with E-state index in [9.17, 15) is 8.78 Å². The zero-order valence-corrected chi connectivity index (χ0v) is 14.8. The molecule has 5 heteroatoms. The van der Waals surface area contributed by atoms with Gasteiger partial charge in [-0.2, -0.15) is 0 Å². The van der Waals surface area contributed by atoms with Crippen molar-refractivity contribution in [1.29, 1.82) is 0 Å². The Hall–Kier alpha value is -2.40. The molecule has 1 heterocycles. The topological polar surface area (TPSA) is 31.0 Å². The van der Waals surface area contributed by atoms with Gasteiger partial charge in [0.05, 0.1) is 20.3 Å². The second-order valence-corrected chi connectivity index (χ2v) is 5.53. The van der Waals surface area contributed by atoms with Crippen LogP contribution in [0.15, 0.2) is 42.5 Å². The molecule has 0 bridgehead atoms. The van der Waals surface area contributed by atoms with Crippen LogP contribution in [0.3, 0.4) is 0 Å². The third-order valence-electron chi connectivity index (χ3n) is 3.75. The van der Waals surface area contributed by atoms with E-state index in [0.717, 1.165) is 11.1 Å². The van der Waals surface area contributed by atoms with Gasteiger partial charge in [0, 0.05) is 23.3 Å². The molecule has 2 aromatic rings. The number of allylic oxidation sites excluding steroid dienone is 1. The number of hydrogen-bond acceptors (Lipinski definition) is 3. The van der Waals surface area contributed by atoms with E-state index < -0.39 is 0 Å². The highest BCUT2D eigenvalue weighted by Gasteiger charge is 2.37. The molecule has 0 radical (unpaired) electrons. The first kappa shape index (κ1) is 18.9. The van der Waals surface area contributed by atoms with Crippen molar-refractivity contribution in [3.05, 3.63) is 65.2 Å². The van der Waals surface area contributed by atoms with Crippen LogP contribution >= 0.6 is 0 Å². The van der Waals surface area contributed by atoms with Gasteiger partial charge in [0.2, 0.25) is 0 Å². The molecule has 0 saturated carbocycles. The first-order chi connectivity index (χ1) is 12.0. The highest BCUT2D eigenvalue weighted by atomic mass is 19.1. The molecule has 3 rings (SSSR count). The number of benzene rings is 2. The fourth-order valence-corrected chi connectivity index (χ4v) is 2.43. The fraction of sp³-hybridized carbons (Fsp3) is 0.300. The molecule has 0 aromatic heterocycles. The van der Waals surface area contributed by atoms with E-state index in [0.29, 0.717) is 11.5 Å². The second kappa shape index (κ2) is 8.62. The van der Waals surface area contributed by atoms with Gasteiger partial charge < -0.3 is 14.2 Å². The molecule has 134 valence electrons. The van der Waals surface area contributed by atoms with Crippen LogP contribution in [-0.2, 0) is 4.74 Å². The van der Waals surface area contributed by atoms with Gasteiger partial charge in [0.1, 0.15) is 29.2 Å². The summed E-state index contributed by atoms with van der Waals surface area (Å²) >= 11 is 0. The smallest absolute Gasteiger partial charge is 0.128 e. The predicted octanol–water partition coefficient (Wildman–Crippen LogP) is 5.16. The molecule has 1 aliphatic heterocycles. The van der Waals surface area contributed by atoms with Crippen LogP contribution in [0.2, 0.25) is 0 Å². The van der Waals surface area contributed by atoms with Crippen molar-refractivity contribution in [1.82, 2.24) is 0 Å².